The van der Waals surface area contributed by atoms with Crippen molar-refractivity contribution in [2.24, 2.45) is 10.9 Å². The maximum absolute atomic E-state index is 5.98. The van der Waals surface area contributed by atoms with Crippen molar-refractivity contribution in [1.29, 1.82) is 0 Å². The van der Waals surface area contributed by atoms with E-state index >= 15 is 0 Å². The minimum Gasteiger partial charge on any atom is -0.491 e. The van der Waals surface area contributed by atoms with Crippen molar-refractivity contribution < 1.29 is 9.47 Å². The first-order chi connectivity index (χ1) is 12.2. The SMILES string of the molecule is CCNC(=NCCOc1ccccc1C(C)C)N1CCC(COC)C1.I. The monoisotopic (exact) mass is 475 g/mol. The fourth-order valence-corrected chi connectivity index (χ4v) is 3.22. The van der Waals surface area contributed by atoms with Crippen LogP contribution in [0, 0.1) is 5.92 Å². The largest absolute Gasteiger partial charge is 0.491 e. The van der Waals surface area contributed by atoms with Crippen LogP contribution in [0.15, 0.2) is 29.3 Å². The molecule has 0 aromatic heterocycles. The molecule has 0 bridgehead atoms. The van der Waals surface area contributed by atoms with Crippen molar-refractivity contribution in [2.45, 2.75) is 33.1 Å². The Labute approximate surface area is 175 Å². The minimum atomic E-state index is 0. The first kappa shape index (κ1) is 23.0. The molecule has 26 heavy (non-hydrogen) atoms. The lowest BCUT2D eigenvalue weighted by Gasteiger charge is -2.21. The molecule has 1 unspecified atom stereocenters. The molecule has 5 nitrogen and oxygen atoms in total. The van der Waals surface area contributed by atoms with Gasteiger partial charge in [-0.1, -0.05) is 32.0 Å². The van der Waals surface area contributed by atoms with Gasteiger partial charge in [0, 0.05) is 32.7 Å². The second-order valence-corrected chi connectivity index (χ2v) is 6.83. The third-order valence-electron chi connectivity index (χ3n) is 4.47. The summed E-state index contributed by atoms with van der Waals surface area (Å²) in [6.45, 7) is 11.5. The summed E-state index contributed by atoms with van der Waals surface area (Å²) in [5, 5.41) is 3.40. The molecule has 0 amide bonds. The zero-order valence-electron chi connectivity index (χ0n) is 16.5. The normalized spacial score (nSPS) is 17.3. The second kappa shape index (κ2) is 12.4. The predicted octanol–water partition coefficient (Wildman–Crippen LogP) is 3.74. The van der Waals surface area contributed by atoms with E-state index in [-0.39, 0.29) is 24.0 Å². The number of hydrogen-bond acceptors (Lipinski definition) is 3. The highest BCUT2D eigenvalue weighted by atomic mass is 127. The lowest BCUT2D eigenvalue weighted by atomic mass is 10.0. The molecule has 1 saturated heterocycles. The van der Waals surface area contributed by atoms with E-state index in [1.165, 1.54) is 5.56 Å². The number of para-hydroxylation sites is 1. The molecular formula is C20H34IN3O2. The highest BCUT2D eigenvalue weighted by Crippen LogP contribution is 2.25. The number of rotatable bonds is 8. The lowest BCUT2D eigenvalue weighted by molar-refractivity contribution is 0.157. The quantitative estimate of drug-likeness (QED) is 0.269. The molecule has 1 aromatic carbocycles. The number of nitrogens with one attached hydrogen (secondary N) is 1. The molecule has 0 saturated carbocycles. The Hall–Kier alpha value is -1.02. The van der Waals surface area contributed by atoms with Crippen molar-refractivity contribution in [2.75, 3.05) is 46.5 Å². The van der Waals surface area contributed by atoms with Crippen LogP contribution in [-0.4, -0.2) is 57.4 Å². The van der Waals surface area contributed by atoms with E-state index in [9.17, 15) is 0 Å². The maximum atomic E-state index is 5.98. The van der Waals surface area contributed by atoms with E-state index in [4.69, 9.17) is 14.5 Å². The van der Waals surface area contributed by atoms with Gasteiger partial charge in [-0.05, 0) is 30.9 Å². The highest BCUT2D eigenvalue weighted by molar-refractivity contribution is 14.0. The minimum absolute atomic E-state index is 0. The van der Waals surface area contributed by atoms with Crippen molar-refractivity contribution in [3.63, 3.8) is 0 Å². The van der Waals surface area contributed by atoms with Gasteiger partial charge in [0.25, 0.3) is 0 Å². The fourth-order valence-electron chi connectivity index (χ4n) is 3.22. The van der Waals surface area contributed by atoms with Crippen molar-refractivity contribution in [1.82, 2.24) is 10.2 Å². The molecular weight excluding hydrogens is 441 g/mol. The summed E-state index contributed by atoms with van der Waals surface area (Å²) in [7, 11) is 1.77. The summed E-state index contributed by atoms with van der Waals surface area (Å²) in [6, 6.07) is 8.26. The topological polar surface area (TPSA) is 46.1 Å². The van der Waals surface area contributed by atoms with Gasteiger partial charge in [-0.3, -0.25) is 0 Å². The molecule has 6 heteroatoms. The van der Waals surface area contributed by atoms with Crippen LogP contribution in [0.1, 0.15) is 38.7 Å². The Balaban J connectivity index is 0.00000338. The van der Waals surface area contributed by atoms with Crippen LogP contribution in [0.2, 0.25) is 0 Å². The summed E-state index contributed by atoms with van der Waals surface area (Å²) in [5.74, 6) is 3.02. The molecule has 1 aliphatic heterocycles. The number of halogens is 1. The van der Waals surface area contributed by atoms with Gasteiger partial charge in [0.1, 0.15) is 12.4 Å². The first-order valence-corrected chi connectivity index (χ1v) is 9.39. The van der Waals surface area contributed by atoms with E-state index < -0.39 is 0 Å². The Kier molecular flexibility index (Phi) is 11.0. The molecule has 1 aromatic rings. The number of methoxy groups -OCH3 is 1. The van der Waals surface area contributed by atoms with Gasteiger partial charge in [0.2, 0.25) is 0 Å². The number of likely N-dealkylation sites (tertiary alicyclic amines) is 1. The van der Waals surface area contributed by atoms with Gasteiger partial charge >= 0.3 is 0 Å². The Morgan fingerprint density at radius 2 is 2.12 bits per heavy atom. The van der Waals surface area contributed by atoms with Gasteiger partial charge in [-0.2, -0.15) is 0 Å². The van der Waals surface area contributed by atoms with Gasteiger partial charge in [-0.25, -0.2) is 4.99 Å². The van der Waals surface area contributed by atoms with Crippen LogP contribution < -0.4 is 10.1 Å². The average molecular weight is 475 g/mol. The standard InChI is InChI=1S/C20H33N3O2.HI/c1-5-21-20(23-12-10-17(14-23)15-24-4)22-11-13-25-19-9-7-6-8-18(19)16(2)3;/h6-9,16-17H,5,10-15H2,1-4H3,(H,21,22);1H. The summed E-state index contributed by atoms with van der Waals surface area (Å²) in [5.41, 5.74) is 1.25. The lowest BCUT2D eigenvalue weighted by Crippen LogP contribution is -2.40. The second-order valence-electron chi connectivity index (χ2n) is 6.83. The fraction of sp³-hybridized carbons (Fsp3) is 0.650. The summed E-state index contributed by atoms with van der Waals surface area (Å²) in [4.78, 5) is 7.07. The number of hydrogen-bond donors (Lipinski definition) is 1. The van der Waals surface area contributed by atoms with Gasteiger partial charge in [0.05, 0.1) is 13.2 Å². The van der Waals surface area contributed by atoms with Crippen LogP contribution in [-0.2, 0) is 4.74 Å². The molecule has 2 rings (SSSR count). The third-order valence-corrected chi connectivity index (χ3v) is 4.47. The van der Waals surface area contributed by atoms with Crippen LogP contribution in [0.3, 0.4) is 0 Å². The Bertz CT molecular complexity index is 552. The number of aliphatic imine (C=N–C) groups is 1. The maximum Gasteiger partial charge on any atom is 0.194 e. The van der Waals surface area contributed by atoms with E-state index in [1.807, 2.05) is 12.1 Å². The molecule has 1 heterocycles. The molecule has 0 aliphatic carbocycles. The zero-order valence-corrected chi connectivity index (χ0v) is 18.9. The predicted molar refractivity (Wildman–Crippen MR) is 119 cm³/mol. The molecule has 148 valence electrons. The van der Waals surface area contributed by atoms with E-state index in [0.717, 1.165) is 44.4 Å². The third kappa shape index (κ3) is 6.95. The van der Waals surface area contributed by atoms with Crippen LogP contribution in [0.4, 0.5) is 0 Å². The molecule has 1 aliphatic rings. The number of nitrogens with zero attached hydrogens (tertiary/aromatic N) is 2. The molecule has 0 spiro atoms. The van der Waals surface area contributed by atoms with Crippen molar-refractivity contribution in [3.8, 4) is 5.75 Å². The smallest absolute Gasteiger partial charge is 0.194 e. The van der Waals surface area contributed by atoms with E-state index in [1.54, 1.807) is 7.11 Å². The van der Waals surface area contributed by atoms with Crippen LogP contribution in [0.5, 0.6) is 5.75 Å². The van der Waals surface area contributed by atoms with E-state index in [0.29, 0.717) is 25.0 Å². The molecule has 0 radical (unpaired) electrons. The summed E-state index contributed by atoms with van der Waals surface area (Å²) < 4.78 is 11.3. The summed E-state index contributed by atoms with van der Waals surface area (Å²) >= 11 is 0. The molecule has 1 fully saturated rings. The number of benzene rings is 1. The molecule has 1 N–H and O–H groups in total. The van der Waals surface area contributed by atoms with Gasteiger partial charge in [0.15, 0.2) is 5.96 Å². The van der Waals surface area contributed by atoms with Gasteiger partial charge < -0.3 is 19.7 Å². The van der Waals surface area contributed by atoms with Crippen molar-refractivity contribution in [3.05, 3.63) is 29.8 Å². The Morgan fingerprint density at radius 1 is 1.35 bits per heavy atom. The van der Waals surface area contributed by atoms with Crippen molar-refractivity contribution >= 4 is 29.9 Å². The molecule has 1 atom stereocenters. The van der Waals surface area contributed by atoms with E-state index in [2.05, 4.69) is 43.1 Å². The zero-order chi connectivity index (χ0) is 18.1. The first-order valence-electron chi connectivity index (χ1n) is 9.39. The average Bonchev–Trinajstić information content (AvgIpc) is 3.06. The number of ether oxygens (including phenoxy) is 2. The highest BCUT2D eigenvalue weighted by Gasteiger charge is 2.24. The summed E-state index contributed by atoms with van der Waals surface area (Å²) in [6.07, 6.45) is 1.16. The van der Waals surface area contributed by atoms with Crippen LogP contribution in [0.25, 0.3) is 0 Å². The van der Waals surface area contributed by atoms with Gasteiger partial charge in [-0.15, -0.1) is 24.0 Å². The number of guanidine groups is 1. The van der Waals surface area contributed by atoms with Crippen LogP contribution >= 0.6 is 24.0 Å². The Morgan fingerprint density at radius 3 is 2.81 bits per heavy atom.